The third-order valence-corrected chi connectivity index (χ3v) is 4.75. The van der Waals surface area contributed by atoms with Gasteiger partial charge >= 0.3 is 0 Å². The van der Waals surface area contributed by atoms with E-state index in [9.17, 15) is 4.79 Å². The zero-order valence-electron chi connectivity index (χ0n) is 13.1. The third kappa shape index (κ3) is 3.33. The van der Waals surface area contributed by atoms with Crippen LogP contribution in [-0.4, -0.2) is 41.1 Å². The number of hydrogen-bond donors (Lipinski definition) is 2. The average molecular weight is 342 g/mol. The second-order valence-electron chi connectivity index (χ2n) is 5.75. The Morgan fingerprint density at radius 3 is 3.04 bits per heavy atom. The van der Waals surface area contributed by atoms with Crippen molar-refractivity contribution in [1.29, 1.82) is 0 Å². The number of carbonyl (C=O) groups is 1. The molecule has 0 spiro atoms. The minimum absolute atomic E-state index is 0.0287. The molecule has 3 heterocycles. The summed E-state index contributed by atoms with van der Waals surface area (Å²) in [5, 5.41) is 8.15. The largest absolute Gasteiger partial charge is 0.375 e. The molecule has 0 saturated carbocycles. The van der Waals surface area contributed by atoms with Crippen LogP contribution in [0.1, 0.15) is 6.42 Å². The van der Waals surface area contributed by atoms with Crippen molar-refractivity contribution in [2.75, 3.05) is 25.0 Å². The van der Waals surface area contributed by atoms with E-state index >= 15 is 0 Å². The van der Waals surface area contributed by atoms with Gasteiger partial charge in [0.1, 0.15) is 0 Å². The molecule has 124 valence electrons. The van der Waals surface area contributed by atoms with Crippen molar-refractivity contribution in [2.24, 2.45) is 0 Å². The number of thiazole rings is 1. The van der Waals surface area contributed by atoms with Crippen molar-refractivity contribution < 1.29 is 9.53 Å². The molecule has 2 aromatic heterocycles. The quantitative estimate of drug-likeness (QED) is 0.764. The lowest BCUT2D eigenvalue weighted by molar-refractivity contribution is -0.119. The SMILES string of the molecule is O=C(CC1CNCCO1)Nc1ccc(-c2cn3ccsc3n2)cc1. The number of anilines is 1. The van der Waals surface area contributed by atoms with Crippen molar-refractivity contribution in [2.45, 2.75) is 12.5 Å². The minimum Gasteiger partial charge on any atom is -0.375 e. The molecule has 1 fully saturated rings. The Morgan fingerprint density at radius 1 is 1.42 bits per heavy atom. The second-order valence-corrected chi connectivity index (χ2v) is 6.62. The highest BCUT2D eigenvalue weighted by molar-refractivity contribution is 7.15. The Kier molecular flexibility index (Phi) is 4.29. The molecule has 3 aromatic rings. The Hall–Kier alpha value is -2.22. The van der Waals surface area contributed by atoms with Gasteiger partial charge in [-0.2, -0.15) is 0 Å². The predicted molar refractivity (Wildman–Crippen MR) is 94.4 cm³/mol. The molecule has 1 saturated heterocycles. The maximum atomic E-state index is 12.1. The second kappa shape index (κ2) is 6.72. The van der Waals surface area contributed by atoms with Crippen LogP contribution in [0.25, 0.3) is 16.2 Å². The highest BCUT2D eigenvalue weighted by Gasteiger charge is 2.17. The summed E-state index contributed by atoms with van der Waals surface area (Å²) < 4.78 is 7.56. The third-order valence-electron chi connectivity index (χ3n) is 3.98. The van der Waals surface area contributed by atoms with Crippen molar-refractivity contribution >= 4 is 27.9 Å². The summed E-state index contributed by atoms with van der Waals surface area (Å²) in [6.45, 7) is 2.24. The molecule has 7 heteroatoms. The van der Waals surface area contributed by atoms with Crippen molar-refractivity contribution in [3.8, 4) is 11.3 Å². The van der Waals surface area contributed by atoms with Gasteiger partial charge in [-0.3, -0.25) is 9.20 Å². The lowest BCUT2D eigenvalue weighted by Crippen LogP contribution is -2.40. The number of nitrogens with zero attached hydrogens (tertiary/aromatic N) is 2. The van der Waals surface area contributed by atoms with Crippen molar-refractivity contribution in [1.82, 2.24) is 14.7 Å². The summed E-state index contributed by atoms with van der Waals surface area (Å²) in [5.74, 6) is -0.0287. The van der Waals surface area contributed by atoms with Crippen LogP contribution in [0.5, 0.6) is 0 Å². The summed E-state index contributed by atoms with van der Waals surface area (Å²) in [4.78, 5) is 17.6. The normalized spacial score (nSPS) is 17.9. The van der Waals surface area contributed by atoms with Gasteiger partial charge in [-0.15, -0.1) is 11.3 Å². The summed E-state index contributed by atoms with van der Waals surface area (Å²) in [5.41, 5.74) is 2.75. The van der Waals surface area contributed by atoms with E-state index in [0.29, 0.717) is 13.0 Å². The van der Waals surface area contributed by atoms with E-state index < -0.39 is 0 Å². The van der Waals surface area contributed by atoms with Gasteiger partial charge in [-0.1, -0.05) is 12.1 Å². The standard InChI is InChI=1S/C17H18N4O2S/c22-16(9-14-10-18-5-7-23-14)19-13-3-1-12(2-4-13)15-11-21-6-8-24-17(21)20-15/h1-4,6,8,11,14,18H,5,7,9-10H2,(H,19,22). The maximum absolute atomic E-state index is 12.1. The van der Waals surface area contributed by atoms with Crippen LogP contribution < -0.4 is 10.6 Å². The fourth-order valence-corrected chi connectivity index (χ4v) is 3.46. The zero-order valence-corrected chi connectivity index (χ0v) is 13.9. The molecule has 1 aliphatic rings. The van der Waals surface area contributed by atoms with Gasteiger partial charge in [0, 0.05) is 42.1 Å². The van der Waals surface area contributed by atoms with Gasteiger partial charge in [0.25, 0.3) is 0 Å². The van der Waals surface area contributed by atoms with Crippen LogP contribution in [0, 0.1) is 0 Å². The summed E-state index contributed by atoms with van der Waals surface area (Å²) in [7, 11) is 0. The first-order valence-electron chi connectivity index (χ1n) is 7.93. The average Bonchev–Trinajstić information content (AvgIpc) is 3.18. The van der Waals surface area contributed by atoms with E-state index in [1.165, 1.54) is 0 Å². The fraction of sp³-hybridized carbons (Fsp3) is 0.294. The maximum Gasteiger partial charge on any atom is 0.227 e. The molecule has 1 amide bonds. The Morgan fingerprint density at radius 2 is 2.29 bits per heavy atom. The van der Waals surface area contributed by atoms with Crippen LogP contribution in [0.3, 0.4) is 0 Å². The van der Waals surface area contributed by atoms with E-state index in [0.717, 1.165) is 35.0 Å². The zero-order chi connectivity index (χ0) is 16.4. The minimum atomic E-state index is -0.0449. The van der Waals surface area contributed by atoms with Crippen molar-refractivity contribution in [3.05, 3.63) is 42.0 Å². The monoisotopic (exact) mass is 342 g/mol. The molecule has 1 atom stereocenters. The molecule has 4 rings (SSSR count). The number of imidazole rings is 1. The Labute approximate surface area is 143 Å². The Bertz CT molecular complexity index is 805. The number of carbonyl (C=O) groups excluding carboxylic acids is 1. The van der Waals surface area contributed by atoms with E-state index in [1.54, 1.807) is 11.3 Å². The lowest BCUT2D eigenvalue weighted by Gasteiger charge is -2.23. The van der Waals surface area contributed by atoms with Gasteiger partial charge in [0.15, 0.2) is 4.96 Å². The molecule has 1 aliphatic heterocycles. The van der Waals surface area contributed by atoms with Gasteiger partial charge < -0.3 is 15.4 Å². The number of fused-ring (bicyclic) bond motifs is 1. The van der Waals surface area contributed by atoms with Crippen molar-refractivity contribution in [3.63, 3.8) is 0 Å². The number of hydrogen-bond acceptors (Lipinski definition) is 5. The molecule has 1 aromatic carbocycles. The first-order chi connectivity index (χ1) is 11.8. The van der Waals surface area contributed by atoms with Gasteiger partial charge in [0.05, 0.1) is 24.8 Å². The van der Waals surface area contributed by atoms with E-state index in [4.69, 9.17) is 4.74 Å². The lowest BCUT2D eigenvalue weighted by atomic mass is 10.1. The fourth-order valence-electron chi connectivity index (χ4n) is 2.76. The highest BCUT2D eigenvalue weighted by Crippen LogP contribution is 2.23. The summed E-state index contributed by atoms with van der Waals surface area (Å²) in [6.07, 6.45) is 4.32. The molecule has 24 heavy (non-hydrogen) atoms. The van der Waals surface area contributed by atoms with Crippen LogP contribution in [0.15, 0.2) is 42.0 Å². The molecular weight excluding hydrogens is 324 g/mol. The van der Waals surface area contributed by atoms with Crippen LogP contribution in [0.4, 0.5) is 5.69 Å². The smallest absolute Gasteiger partial charge is 0.227 e. The van der Waals surface area contributed by atoms with E-state index in [1.807, 2.05) is 46.4 Å². The first-order valence-corrected chi connectivity index (χ1v) is 8.81. The molecule has 0 aliphatic carbocycles. The number of morpholine rings is 1. The highest BCUT2D eigenvalue weighted by atomic mass is 32.1. The molecule has 0 radical (unpaired) electrons. The van der Waals surface area contributed by atoms with E-state index in [-0.39, 0.29) is 12.0 Å². The predicted octanol–water partition coefficient (Wildman–Crippen LogP) is 2.38. The molecule has 6 nitrogen and oxygen atoms in total. The Balaban J connectivity index is 1.39. The number of aromatic nitrogens is 2. The van der Waals surface area contributed by atoms with Gasteiger partial charge in [-0.05, 0) is 12.1 Å². The number of amides is 1. The topological polar surface area (TPSA) is 67.7 Å². The van der Waals surface area contributed by atoms with Crippen LogP contribution in [-0.2, 0) is 9.53 Å². The molecule has 2 N–H and O–H groups in total. The van der Waals surface area contributed by atoms with Crippen LogP contribution >= 0.6 is 11.3 Å². The van der Waals surface area contributed by atoms with Gasteiger partial charge in [-0.25, -0.2) is 4.98 Å². The number of ether oxygens (including phenoxy) is 1. The molecular formula is C17H18N4O2S. The number of rotatable bonds is 4. The van der Waals surface area contributed by atoms with E-state index in [2.05, 4.69) is 15.6 Å². The summed E-state index contributed by atoms with van der Waals surface area (Å²) >= 11 is 1.61. The number of nitrogens with one attached hydrogen (secondary N) is 2. The molecule has 1 unspecified atom stereocenters. The summed E-state index contributed by atoms with van der Waals surface area (Å²) in [6, 6.07) is 7.75. The van der Waals surface area contributed by atoms with Gasteiger partial charge in [0.2, 0.25) is 5.91 Å². The van der Waals surface area contributed by atoms with Crippen LogP contribution in [0.2, 0.25) is 0 Å². The number of benzene rings is 1. The first kappa shape index (κ1) is 15.3. The molecule has 0 bridgehead atoms.